The predicted octanol–water partition coefficient (Wildman–Crippen LogP) is 5.94. The summed E-state index contributed by atoms with van der Waals surface area (Å²) in [6.07, 6.45) is 0.595. The van der Waals surface area contributed by atoms with E-state index < -0.39 is 6.83 Å². The van der Waals surface area contributed by atoms with Gasteiger partial charge >= 0.3 is 213 Å². The monoisotopic (exact) mass is 483 g/mol. The second kappa shape index (κ2) is 8.89. The summed E-state index contributed by atoms with van der Waals surface area (Å²) in [6, 6.07) is 51.2. The molecule has 0 saturated heterocycles. The van der Waals surface area contributed by atoms with Crippen LogP contribution in [0.1, 0.15) is 22.8 Å². The van der Waals surface area contributed by atoms with Crippen LogP contribution in [-0.4, -0.2) is 0 Å². The van der Waals surface area contributed by atoms with E-state index in [2.05, 4.69) is 121 Å². The van der Waals surface area contributed by atoms with E-state index in [9.17, 15) is 5.26 Å². The van der Waals surface area contributed by atoms with Crippen LogP contribution in [0.25, 0.3) is 0 Å². The fraction of sp³-hybridized carbons (Fsp3) is 0.0606. The van der Waals surface area contributed by atoms with Gasteiger partial charge in [-0.25, -0.2) is 0 Å². The van der Waals surface area contributed by atoms with Crippen LogP contribution in [0.3, 0.4) is 0 Å². The van der Waals surface area contributed by atoms with Gasteiger partial charge in [0.2, 0.25) is 0 Å². The summed E-state index contributed by atoms with van der Waals surface area (Å²) in [5, 5.41) is 14.2. The first kappa shape index (κ1) is 22.4. The molecule has 5 aromatic carbocycles. The van der Waals surface area contributed by atoms with Crippen molar-refractivity contribution in [1.82, 2.24) is 0 Å². The van der Waals surface area contributed by atoms with E-state index in [0.29, 0.717) is 5.56 Å². The molecule has 174 valence electrons. The van der Waals surface area contributed by atoms with E-state index in [1.54, 1.807) is 0 Å². The Balaban J connectivity index is 1.78. The van der Waals surface area contributed by atoms with Gasteiger partial charge in [0.15, 0.2) is 0 Å². The second-order valence-corrected chi connectivity index (χ2v) is 13.5. The first-order valence-corrected chi connectivity index (χ1v) is 14.4. The molecule has 1 atom stereocenters. The van der Waals surface area contributed by atoms with Crippen molar-refractivity contribution in [3.8, 4) is 6.07 Å². The molecule has 0 bridgehead atoms. The van der Waals surface area contributed by atoms with Crippen LogP contribution in [0.5, 0.6) is 0 Å². The SMILES string of the molecule is N#Cc1ccc(C2Cc3ccccc3P(c3ccccc3)(c3ccccc3)(c3ccccc3)O2)cc1. The molecule has 0 aliphatic carbocycles. The van der Waals surface area contributed by atoms with Gasteiger partial charge in [-0.2, -0.15) is 0 Å². The number of rotatable bonds is 4. The molecule has 0 aromatic heterocycles. The fourth-order valence-corrected chi connectivity index (χ4v) is 12.0. The molecule has 1 unspecified atom stereocenters. The van der Waals surface area contributed by atoms with Crippen LogP contribution < -0.4 is 21.2 Å². The number of hydrogen-bond acceptors (Lipinski definition) is 2. The quantitative estimate of drug-likeness (QED) is 0.296. The van der Waals surface area contributed by atoms with Gasteiger partial charge in [0.25, 0.3) is 0 Å². The van der Waals surface area contributed by atoms with E-state index >= 15 is 0 Å². The van der Waals surface area contributed by atoms with Crippen LogP contribution in [-0.2, 0) is 10.9 Å². The zero-order valence-electron chi connectivity index (χ0n) is 19.9. The van der Waals surface area contributed by atoms with E-state index in [0.717, 1.165) is 12.0 Å². The van der Waals surface area contributed by atoms with Crippen molar-refractivity contribution < 1.29 is 4.52 Å². The van der Waals surface area contributed by atoms with Gasteiger partial charge in [-0.05, 0) is 0 Å². The Morgan fingerprint density at radius 3 is 1.56 bits per heavy atom. The van der Waals surface area contributed by atoms with Gasteiger partial charge in [-0.15, -0.1) is 0 Å². The van der Waals surface area contributed by atoms with Crippen LogP contribution >= 0.6 is 6.83 Å². The molecule has 0 fully saturated rings. The van der Waals surface area contributed by atoms with Crippen LogP contribution in [0, 0.1) is 11.3 Å². The molecule has 1 aliphatic heterocycles. The van der Waals surface area contributed by atoms with Crippen molar-refractivity contribution >= 4 is 28.0 Å². The first-order chi connectivity index (χ1) is 17.8. The fourth-order valence-electron chi connectivity index (χ4n) is 5.78. The maximum atomic E-state index is 9.36. The van der Waals surface area contributed by atoms with Crippen molar-refractivity contribution in [3.05, 3.63) is 156 Å². The zero-order chi connectivity index (χ0) is 24.5. The molecule has 6 rings (SSSR count). The number of nitriles is 1. The van der Waals surface area contributed by atoms with Crippen LogP contribution in [0.15, 0.2) is 140 Å². The van der Waals surface area contributed by atoms with E-state index in [1.807, 2.05) is 24.3 Å². The zero-order valence-corrected chi connectivity index (χ0v) is 20.8. The first-order valence-electron chi connectivity index (χ1n) is 12.2. The normalized spacial score (nSPS) is 18.6. The van der Waals surface area contributed by atoms with E-state index in [-0.39, 0.29) is 6.10 Å². The Morgan fingerprint density at radius 1 is 0.583 bits per heavy atom. The summed E-state index contributed by atoms with van der Waals surface area (Å²) in [7, 11) is 0. The van der Waals surface area contributed by atoms with Crippen molar-refractivity contribution in [3.63, 3.8) is 0 Å². The maximum absolute atomic E-state index is 9.36. The molecular formula is C33H26NOP. The topological polar surface area (TPSA) is 33.0 Å². The average molecular weight is 484 g/mol. The van der Waals surface area contributed by atoms with Gasteiger partial charge in [0.1, 0.15) is 0 Å². The third-order valence-corrected chi connectivity index (χ3v) is 13.2. The number of fused-ring (bicyclic) bond motifs is 1. The second-order valence-electron chi connectivity index (χ2n) is 9.20. The predicted molar refractivity (Wildman–Crippen MR) is 150 cm³/mol. The molecule has 0 spiro atoms. The molecule has 0 N–H and O–H groups in total. The standard InChI is InChI=1S/C33H26NOP/c34-25-26-20-22-27(23-21-26)32-24-28-12-10-11-19-33(28)36(35-32,29-13-4-1-5-14-29,30-15-6-2-7-16-30)31-17-8-3-9-18-31/h1-23,32H,24H2. The van der Waals surface area contributed by atoms with Crippen LogP contribution in [0.2, 0.25) is 0 Å². The van der Waals surface area contributed by atoms with Crippen LogP contribution in [0.4, 0.5) is 0 Å². The summed E-state index contributed by atoms with van der Waals surface area (Å²) in [6.45, 7) is -3.65. The van der Waals surface area contributed by atoms with Crippen molar-refractivity contribution in [2.75, 3.05) is 0 Å². The summed E-state index contributed by atoms with van der Waals surface area (Å²) in [5.41, 5.74) is 3.04. The molecule has 1 heterocycles. The molecule has 5 aromatic rings. The molecule has 36 heavy (non-hydrogen) atoms. The minimum atomic E-state index is -3.65. The van der Waals surface area contributed by atoms with Gasteiger partial charge in [0.05, 0.1) is 0 Å². The Labute approximate surface area is 212 Å². The molecule has 2 nitrogen and oxygen atoms in total. The molecule has 3 heteroatoms. The van der Waals surface area contributed by atoms with Crippen molar-refractivity contribution in [2.24, 2.45) is 0 Å². The van der Waals surface area contributed by atoms with Gasteiger partial charge < -0.3 is 0 Å². The van der Waals surface area contributed by atoms with Gasteiger partial charge in [0, 0.05) is 0 Å². The Hall–Kier alpha value is -4.02. The van der Waals surface area contributed by atoms with Crippen molar-refractivity contribution in [2.45, 2.75) is 12.5 Å². The third-order valence-electron chi connectivity index (χ3n) is 7.35. The van der Waals surface area contributed by atoms with Gasteiger partial charge in [-0.1, -0.05) is 0 Å². The number of nitrogens with zero attached hydrogens (tertiary/aromatic N) is 1. The summed E-state index contributed by atoms with van der Waals surface area (Å²) >= 11 is 0. The number of hydrogen-bond donors (Lipinski definition) is 0. The molecule has 0 saturated carbocycles. The number of benzene rings is 5. The molecule has 1 aliphatic rings. The minimum absolute atomic E-state index is 0.175. The van der Waals surface area contributed by atoms with Crippen molar-refractivity contribution in [1.29, 1.82) is 5.26 Å². The summed E-state index contributed by atoms with van der Waals surface area (Å²) in [4.78, 5) is 0. The average Bonchev–Trinajstić information content (AvgIpc) is 2.98. The Bertz CT molecular complexity index is 1440. The third kappa shape index (κ3) is 3.18. The Kier molecular flexibility index (Phi) is 5.54. The Morgan fingerprint density at radius 2 is 1.06 bits per heavy atom. The molecule has 0 amide bonds. The summed E-state index contributed by atoms with van der Waals surface area (Å²) in [5.74, 6) is 0. The van der Waals surface area contributed by atoms with E-state index in [1.165, 1.54) is 26.8 Å². The van der Waals surface area contributed by atoms with Gasteiger partial charge in [-0.3, -0.25) is 0 Å². The summed E-state index contributed by atoms with van der Waals surface area (Å²) < 4.78 is 7.75. The molecular weight excluding hydrogens is 457 g/mol. The van der Waals surface area contributed by atoms with E-state index in [4.69, 9.17) is 4.52 Å². The molecule has 0 radical (unpaired) electrons.